The number of ether oxygens (including phenoxy) is 1. The zero-order chi connectivity index (χ0) is 13.0. The van der Waals surface area contributed by atoms with Crippen LogP contribution in [0.25, 0.3) is 0 Å². The highest BCUT2D eigenvalue weighted by atomic mass is 16.5. The van der Waals surface area contributed by atoms with Crippen LogP contribution in [0.1, 0.15) is 17.5 Å². The second-order valence-electron chi connectivity index (χ2n) is 5.56. The Kier molecular flexibility index (Phi) is 4.38. The minimum Gasteiger partial charge on any atom is -0.396 e. The molecule has 1 heterocycles. The summed E-state index contributed by atoms with van der Waals surface area (Å²) in [5, 5.41) is 9.58. The molecule has 2 rings (SSSR count). The van der Waals surface area contributed by atoms with Crippen molar-refractivity contribution in [3.8, 4) is 0 Å². The van der Waals surface area contributed by atoms with Crippen LogP contribution >= 0.6 is 0 Å². The van der Waals surface area contributed by atoms with Crippen LogP contribution in [0, 0.1) is 12.3 Å². The molecule has 1 atom stereocenters. The molecule has 1 aromatic carbocycles. The summed E-state index contributed by atoms with van der Waals surface area (Å²) in [5.41, 5.74) is 2.62. The molecule has 3 heteroatoms. The highest BCUT2D eigenvalue weighted by molar-refractivity contribution is 5.25. The molecule has 0 bridgehead atoms. The van der Waals surface area contributed by atoms with Crippen LogP contribution in [0.3, 0.4) is 0 Å². The summed E-state index contributed by atoms with van der Waals surface area (Å²) in [6.07, 6.45) is 0.960. The van der Waals surface area contributed by atoms with E-state index in [9.17, 15) is 5.11 Å². The number of aliphatic hydroxyl groups is 1. The lowest BCUT2D eigenvalue weighted by molar-refractivity contribution is 0.0624. The fourth-order valence-electron chi connectivity index (χ4n) is 2.66. The van der Waals surface area contributed by atoms with Gasteiger partial charge in [0.2, 0.25) is 0 Å². The van der Waals surface area contributed by atoms with Crippen LogP contribution in [0.4, 0.5) is 0 Å². The van der Waals surface area contributed by atoms with Crippen molar-refractivity contribution in [1.82, 2.24) is 4.90 Å². The molecule has 1 aliphatic heterocycles. The van der Waals surface area contributed by atoms with Gasteiger partial charge >= 0.3 is 0 Å². The molecule has 18 heavy (non-hydrogen) atoms. The molecule has 1 aromatic rings. The Labute approximate surface area is 109 Å². The van der Waals surface area contributed by atoms with Crippen LogP contribution in [0.15, 0.2) is 24.3 Å². The van der Waals surface area contributed by atoms with Gasteiger partial charge in [-0.1, -0.05) is 24.3 Å². The average molecular weight is 249 g/mol. The molecular weight excluding hydrogens is 226 g/mol. The molecule has 3 nitrogen and oxygen atoms in total. The van der Waals surface area contributed by atoms with E-state index < -0.39 is 0 Å². The third-order valence-corrected chi connectivity index (χ3v) is 3.83. The maximum atomic E-state index is 9.58. The lowest BCUT2D eigenvalue weighted by Gasteiger charge is -2.30. The zero-order valence-electron chi connectivity index (χ0n) is 11.4. The summed E-state index contributed by atoms with van der Waals surface area (Å²) in [4.78, 5) is 2.28. The lowest BCUT2D eigenvalue weighted by atomic mass is 9.87. The van der Waals surface area contributed by atoms with Gasteiger partial charge in [-0.3, -0.25) is 0 Å². The lowest BCUT2D eigenvalue weighted by Crippen LogP contribution is -2.38. The Bertz CT molecular complexity index is 386. The molecule has 0 radical (unpaired) electrons. The SMILES string of the molecule is Cc1ccccc1CN(C)CC1(CO)CCOC1. The Hall–Kier alpha value is -0.900. The number of hydrogen-bond donors (Lipinski definition) is 1. The Morgan fingerprint density at radius 3 is 2.78 bits per heavy atom. The molecule has 1 saturated heterocycles. The molecule has 1 unspecified atom stereocenters. The number of rotatable bonds is 5. The van der Waals surface area contributed by atoms with Gasteiger partial charge < -0.3 is 14.7 Å². The van der Waals surface area contributed by atoms with Crippen molar-refractivity contribution in [2.24, 2.45) is 5.41 Å². The molecule has 100 valence electrons. The predicted octanol–water partition coefficient (Wildman–Crippen LogP) is 1.83. The first-order valence-corrected chi connectivity index (χ1v) is 6.57. The topological polar surface area (TPSA) is 32.7 Å². The molecule has 0 aliphatic carbocycles. The first-order chi connectivity index (χ1) is 8.65. The van der Waals surface area contributed by atoms with Crippen LogP contribution in [-0.4, -0.2) is 43.4 Å². The average Bonchev–Trinajstić information content (AvgIpc) is 2.81. The van der Waals surface area contributed by atoms with Gasteiger partial charge in [0.1, 0.15) is 0 Å². The third kappa shape index (κ3) is 3.10. The van der Waals surface area contributed by atoms with E-state index in [-0.39, 0.29) is 12.0 Å². The van der Waals surface area contributed by atoms with E-state index >= 15 is 0 Å². The van der Waals surface area contributed by atoms with E-state index in [1.165, 1.54) is 11.1 Å². The summed E-state index contributed by atoms with van der Waals surface area (Å²) in [7, 11) is 2.11. The standard InChI is InChI=1S/C15H23NO2/c1-13-5-3-4-6-14(13)9-16(2)10-15(11-17)7-8-18-12-15/h3-6,17H,7-12H2,1-2H3. The van der Waals surface area contributed by atoms with Crippen LogP contribution in [-0.2, 0) is 11.3 Å². The van der Waals surface area contributed by atoms with Gasteiger partial charge in [0, 0.05) is 25.1 Å². The zero-order valence-corrected chi connectivity index (χ0v) is 11.4. The van der Waals surface area contributed by atoms with Gasteiger partial charge in [-0.25, -0.2) is 0 Å². The minimum absolute atomic E-state index is 0.0581. The molecule has 0 spiro atoms. The highest BCUT2D eigenvalue weighted by Crippen LogP contribution is 2.29. The Morgan fingerprint density at radius 2 is 2.17 bits per heavy atom. The second kappa shape index (κ2) is 5.83. The van der Waals surface area contributed by atoms with Gasteiger partial charge in [0.05, 0.1) is 13.2 Å². The molecule has 1 N–H and O–H groups in total. The van der Waals surface area contributed by atoms with Gasteiger partial charge in [-0.15, -0.1) is 0 Å². The molecule has 0 aromatic heterocycles. The van der Waals surface area contributed by atoms with Gasteiger partial charge in [-0.2, -0.15) is 0 Å². The van der Waals surface area contributed by atoms with E-state index in [1.54, 1.807) is 0 Å². The van der Waals surface area contributed by atoms with Crippen molar-refractivity contribution in [2.45, 2.75) is 19.9 Å². The molecule has 0 saturated carbocycles. The molecular formula is C15H23NO2. The quantitative estimate of drug-likeness (QED) is 0.864. The number of benzene rings is 1. The van der Waals surface area contributed by atoms with Crippen LogP contribution in [0.2, 0.25) is 0 Å². The van der Waals surface area contributed by atoms with Crippen molar-refractivity contribution in [3.63, 3.8) is 0 Å². The predicted molar refractivity (Wildman–Crippen MR) is 72.5 cm³/mol. The van der Waals surface area contributed by atoms with E-state index in [4.69, 9.17) is 4.74 Å². The molecule has 1 fully saturated rings. The summed E-state index contributed by atoms with van der Waals surface area (Å²) in [6.45, 7) is 5.63. The summed E-state index contributed by atoms with van der Waals surface area (Å²) in [5.74, 6) is 0. The van der Waals surface area contributed by atoms with Crippen LogP contribution in [0.5, 0.6) is 0 Å². The largest absolute Gasteiger partial charge is 0.396 e. The molecule has 1 aliphatic rings. The maximum absolute atomic E-state index is 9.58. The van der Waals surface area contributed by atoms with Crippen LogP contribution < -0.4 is 0 Å². The number of aliphatic hydroxyl groups excluding tert-OH is 1. The fraction of sp³-hybridized carbons (Fsp3) is 0.600. The van der Waals surface area contributed by atoms with Crippen molar-refractivity contribution in [3.05, 3.63) is 35.4 Å². The normalized spacial score (nSPS) is 23.8. The Morgan fingerprint density at radius 1 is 1.39 bits per heavy atom. The first kappa shape index (κ1) is 13.5. The van der Waals surface area contributed by atoms with E-state index in [1.807, 2.05) is 0 Å². The van der Waals surface area contributed by atoms with Gasteiger partial charge in [0.25, 0.3) is 0 Å². The summed E-state index contributed by atoms with van der Waals surface area (Å²) < 4.78 is 5.44. The number of hydrogen-bond acceptors (Lipinski definition) is 3. The van der Waals surface area contributed by atoms with Crippen molar-refractivity contribution in [2.75, 3.05) is 33.4 Å². The van der Waals surface area contributed by atoms with Crippen molar-refractivity contribution < 1.29 is 9.84 Å². The first-order valence-electron chi connectivity index (χ1n) is 6.57. The maximum Gasteiger partial charge on any atom is 0.0557 e. The van der Waals surface area contributed by atoms with Crippen molar-refractivity contribution in [1.29, 1.82) is 0 Å². The molecule has 0 amide bonds. The second-order valence-corrected chi connectivity index (χ2v) is 5.56. The van der Waals surface area contributed by atoms with Gasteiger partial charge in [0.15, 0.2) is 0 Å². The summed E-state index contributed by atoms with van der Waals surface area (Å²) >= 11 is 0. The number of nitrogens with zero attached hydrogens (tertiary/aromatic N) is 1. The summed E-state index contributed by atoms with van der Waals surface area (Å²) in [6, 6.07) is 8.46. The third-order valence-electron chi connectivity index (χ3n) is 3.83. The smallest absolute Gasteiger partial charge is 0.0557 e. The van der Waals surface area contributed by atoms with Gasteiger partial charge in [-0.05, 0) is 31.5 Å². The van der Waals surface area contributed by atoms with E-state index in [2.05, 4.69) is 43.1 Å². The minimum atomic E-state index is -0.0581. The number of aryl methyl sites for hydroxylation is 1. The highest BCUT2D eigenvalue weighted by Gasteiger charge is 2.35. The monoisotopic (exact) mass is 249 g/mol. The fourth-order valence-corrected chi connectivity index (χ4v) is 2.66. The van der Waals surface area contributed by atoms with E-state index in [0.717, 1.165) is 26.1 Å². The Balaban J connectivity index is 1.96. The van der Waals surface area contributed by atoms with E-state index in [0.29, 0.717) is 6.61 Å². The van der Waals surface area contributed by atoms with Crippen molar-refractivity contribution >= 4 is 0 Å².